The number of hydrogen-bond acceptors (Lipinski definition) is 2. The molecular formula is C15H24BrNS. The Balaban J connectivity index is 2.24. The first-order valence-corrected chi connectivity index (χ1v) is 8.60. The minimum atomic E-state index is 0.638. The van der Waals surface area contributed by atoms with Crippen molar-refractivity contribution in [3.05, 3.63) is 20.3 Å². The summed E-state index contributed by atoms with van der Waals surface area (Å²) in [5.74, 6) is 1.51. The highest BCUT2D eigenvalue weighted by atomic mass is 79.9. The van der Waals surface area contributed by atoms with Crippen LogP contribution in [0.5, 0.6) is 0 Å². The second-order valence-electron chi connectivity index (χ2n) is 6.21. The van der Waals surface area contributed by atoms with Gasteiger partial charge in [-0.2, -0.15) is 0 Å². The Morgan fingerprint density at radius 3 is 2.67 bits per heavy atom. The third kappa shape index (κ3) is 3.37. The second kappa shape index (κ2) is 6.06. The second-order valence-corrected chi connectivity index (χ2v) is 8.73. The molecule has 0 radical (unpaired) electrons. The standard InChI is InChI=1S/C15H24BrNS/c1-10(2)7-13-12-8-15(16)18-14(12)5-6-17(13)9-11(3)4/h8,10-11,13H,5-7,9H2,1-4H3. The summed E-state index contributed by atoms with van der Waals surface area (Å²) in [6.45, 7) is 11.8. The van der Waals surface area contributed by atoms with Crippen LogP contribution in [0.2, 0.25) is 0 Å². The van der Waals surface area contributed by atoms with Gasteiger partial charge in [-0.25, -0.2) is 0 Å². The van der Waals surface area contributed by atoms with E-state index in [1.807, 2.05) is 11.3 Å². The van der Waals surface area contributed by atoms with E-state index in [4.69, 9.17) is 0 Å². The summed E-state index contributed by atoms with van der Waals surface area (Å²) in [6, 6.07) is 3.00. The van der Waals surface area contributed by atoms with E-state index in [0.29, 0.717) is 6.04 Å². The van der Waals surface area contributed by atoms with Crippen molar-refractivity contribution in [1.82, 2.24) is 4.90 Å². The predicted octanol–water partition coefficient (Wildman–Crippen LogP) is 5.11. The van der Waals surface area contributed by atoms with Crippen molar-refractivity contribution >= 4 is 27.3 Å². The van der Waals surface area contributed by atoms with Crippen LogP contribution in [0.3, 0.4) is 0 Å². The van der Waals surface area contributed by atoms with Crippen molar-refractivity contribution in [2.24, 2.45) is 11.8 Å². The van der Waals surface area contributed by atoms with Crippen molar-refractivity contribution in [2.75, 3.05) is 13.1 Å². The van der Waals surface area contributed by atoms with Crippen LogP contribution < -0.4 is 0 Å². The Hall–Kier alpha value is 0.140. The molecule has 0 amide bonds. The Bertz CT molecular complexity index is 397. The van der Waals surface area contributed by atoms with Crippen LogP contribution >= 0.6 is 27.3 Å². The first-order valence-electron chi connectivity index (χ1n) is 6.99. The lowest BCUT2D eigenvalue weighted by Crippen LogP contribution is -2.37. The highest BCUT2D eigenvalue weighted by Crippen LogP contribution is 2.40. The van der Waals surface area contributed by atoms with Gasteiger partial charge < -0.3 is 0 Å². The molecule has 1 aliphatic heterocycles. The summed E-state index contributed by atoms with van der Waals surface area (Å²) in [5.41, 5.74) is 1.59. The Morgan fingerprint density at radius 1 is 1.33 bits per heavy atom. The molecule has 0 spiro atoms. The number of fused-ring (bicyclic) bond motifs is 1. The third-order valence-corrected chi connectivity index (χ3v) is 5.25. The van der Waals surface area contributed by atoms with Crippen LogP contribution in [-0.2, 0) is 6.42 Å². The molecular weight excluding hydrogens is 306 g/mol. The lowest BCUT2D eigenvalue weighted by atomic mass is 9.91. The average Bonchev–Trinajstić information content (AvgIpc) is 2.61. The van der Waals surface area contributed by atoms with Gasteiger partial charge in [0.05, 0.1) is 3.79 Å². The largest absolute Gasteiger partial charge is 0.296 e. The average molecular weight is 330 g/mol. The SMILES string of the molecule is CC(C)CC1c2cc(Br)sc2CCN1CC(C)C. The number of rotatable bonds is 4. The van der Waals surface area contributed by atoms with E-state index >= 15 is 0 Å². The van der Waals surface area contributed by atoms with Crippen LogP contribution in [0.25, 0.3) is 0 Å². The van der Waals surface area contributed by atoms with Gasteiger partial charge in [-0.15, -0.1) is 11.3 Å². The van der Waals surface area contributed by atoms with Gasteiger partial charge in [0.1, 0.15) is 0 Å². The fourth-order valence-electron chi connectivity index (χ4n) is 2.89. The molecule has 0 fully saturated rings. The molecule has 0 N–H and O–H groups in total. The van der Waals surface area contributed by atoms with Crippen LogP contribution in [0.1, 0.15) is 50.6 Å². The molecule has 3 heteroatoms. The van der Waals surface area contributed by atoms with Gasteiger partial charge in [-0.05, 0) is 52.2 Å². The molecule has 2 heterocycles. The molecule has 0 aromatic carbocycles. The molecule has 0 bridgehead atoms. The third-order valence-electron chi connectivity index (χ3n) is 3.53. The topological polar surface area (TPSA) is 3.24 Å². The molecule has 1 aromatic heterocycles. The number of nitrogens with zero attached hydrogens (tertiary/aromatic N) is 1. The highest BCUT2D eigenvalue weighted by Gasteiger charge is 2.29. The van der Waals surface area contributed by atoms with E-state index in [1.54, 1.807) is 10.4 Å². The maximum atomic E-state index is 3.66. The van der Waals surface area contributed by atoms with Gasteiger partial charge in [0, 0.05) is 24.0 Å². The lowest BCUT2D eigenvalue weighted by Gasteiger charge is -2.37. The van der Waals surface area contributed by atoms with Gasteiger partial charge in [-0.3, -0.25) is 4.90 Å². The molecule has 0 saturated heterocycles. The molecule has 0 aliphatic carbocycles. The zero-order chi connectivity index (χ0) is 13.3. The van der Waals surface area contributed by atoms with E-state index in [-0.39, 0.29) is 0 Å². The van der Waals surface area contributed by atoms with Crippen LogP contribution in [-0.4, -0.2) is 18.0 Å². The van der Waals surface area contributed by atoms with Crippen molar-refractivity contribution in [2.45, 2.75) is 46.6 Å². The molecule has 1 nitrogen and oxygen atoms in total. The Morgan fingerprint density at radius 2 is 2.06 bits per heavy atom. The van der Waals surface area contributed by atoms with Crippen LogP contribution in [0.4, 0.5) is 0 Å². The van der Waals surface area contributed by atoms with Crippen molar-refractivity contribution < 1.29 is 0 Å². The Kier molecular flexibility index (Phi) is 4.90. The molecule has 1 aliphatic rings. The quantitative estimate of drug-likeness (QED) is 0.741. The highest BCUT2D eigenvalue weighted by molar-refractivity contribution is 9.11. The molecule has 18 heavy (non-hydrogen) atoms. The van der Waals surface area contributed by atoms with Gasteiger partial charge in [0.2, 0.25) is 0 Å². The minimum Gasteiger partial charge on any atom is -0.296 e. The smallest absolute Gasteiger partial charge is 0.0704 e. The summed E-state index contributed by atoms with van der Waals surface area (Å²) in [5, 5.41) is 0. The van der Waals surface area contributed by atoms with Gasteiger partial charge in [0.15, 0.2) is 0 Å². The molecule has 1 aromatic rings. The van der Waals surface area contributed by atoms with Crippen molar-refractivity contribution in [1.29, 1.82) is 0 Å². The fourth-order valence-corrected chi connectivity index (χ4v) is 4.65. The summed E-state index contributed by atoms with van der Waals surface area (Å²) >= 11 is 5.59. The lowest BCUT2D eigenvalue weighted by molar-refractivity contribution is 0.146. The zero-order valence-electron chi connectivity index (χ0n) is 11.9. The summed E-state index contributed by atoms with van der Waals surface area (Å²) in [4.78, 5) is 4.30. The minimum absolute atomic E-state index is 0.638. The summed E-state index contributed by atoms with van der Waals surface area (Å²) in [6.07, 6.45) is 2.51. The fraction of sp³-hybridized carbons (Fsp3) is 0.733. The van der Waals surface area contributed by atoms with E-state index in [2.05, 4.69) is 54.6 Å². The van der Waals surface area contributed by atoms with Crippen molar-refractivity contribution in [3.63, 3.8) is 0 Å². The molecule has 2 rings (SSSR count). The van der Waals surface area contributed by atoms with Gasteiger partial charge in [-0.1, -0.05) is 27.7 Å². The number of thiophene rings is 1. The number of halogens is 1. The first kappa shape index (κ1) is 14.5. The van der Waals surface area contributed by atoms with E-state index in [0.717, 1.165) is 11.8 Å². The molecule has 1 atom stereocenters. The zero-order valence-corrected chi connectivity index (χ0v) is 14.3. The summed E-state index contributed by atoms with van der Waals surface area (Å²) < 4.78 is 1.30. The van der Waals surface area contributed by atoms with Gasteiger partial charge >= 0.3 is 0 Å². The van der Waals surface area contributed by atoms with E-state index in [1.165, 1.54) is 29.7 Å². The first-order chi connectivity index (χ1) is 8.47. The van der Waals surface area contributed by atoms with Crippen LogP contribution in [0.15, 0.2) is 9.85 Å². The van der Waals surface area contributed by atoms with E-state index in [9.17, 15) is 0 Å². The van der Waals surface area contributed by atoms with Gasteiger partial charge in [0.25, 0.3) is 0 Å². The van der Waals surface area contributed by atoms with Crippen molar-refractivity contribution in [3.8, 4) is 0 Å². The normalized spacial score (nSPS) is 20.7. The maximum absolute atomic E-state index is 3.66. The molecule has 1 unspecified atom stereocenters. The predicted molar refractivity (Wildman–Crippen MR) is 84.3 cm³/mol. The number of hydrogen-bond donors (Lipinski definition) is 0. The summed E-state index contributed by atoms with van der Waals surface area (Å²) in [7, 11) is 0. The van der Waals surface area contributed by atoms with E-state index < -0.39 is 0 Å². The monoisotopic (exact) mass is 329 g/mol. The Labute approximate surface area is 124 Å². The van der Waals surface area contributed by atoms with Crippen LogP contribution in [0, 0.1) is 11.8 Å². The maximum Gasteiger partial charge on any atom is 0.0704 e. The molecule has 102 valence electrons. The molecule has 0 saturated carbocycles.